The lowest BCUT2D eigenvalue weighted by Crippen LogP contribution is -2.47. The number of amides is 2. The zero-order valence-electron chi connectivity index (χ0n) is 13.4. The fraction of sp³-hybridized carbons (Fsp3) is 0.278. The Hall–Kier alpha value is -2.89. The molecule has 0 fully saturated rings. The van der Waals surface area contributed by atoms with E-state index >= 15 is 0 Å². The molecular formula is C18H20N2O4. The number of urea groups is 1. The Kier molecular flexibility index (Phi) is 4.74. The third kappa shape index (κ3) is 3.71. The SMILES string of the molecule is COc1cc(CNC(=O)NC2COc3ccccc3C2)ccc1O. The summed E-state index contributed by atoms with van der Waals surface area (Å²) in [6, 6.07) is 12.5. The second-order valence-electron chi connectivity index (χ2n) is 5.65. The summed E-state index contributed by atoms with van der Waals surface area (Å²) in [4.78, 5) is 12.1. The Morgan fingerprint density at radius 2 is 2.17 bits per heavy atom. The zero-order valence-corrected chi connectivity index (χ0v) is 13.4. The molecule has 0 saturated heterocycles. The van der Waals surface area contributed by atoms with Crippen LogP contribution in [0.2, 0.25) is 0 Å². The zero-order chi connectivity index (χ0) is 16.9. The lowest BCUT2D eigenvalue weighted by Gasteiger charge is -2.26. The monoisotopic (exact) mass is 328 g/mol. The van der Waals surface area contributed by atoms with E-state index in [2.05, 4.69) is 10.6 Å². The molecule has 1 heterocycles. The number of benzene rings is 2. The van der Waals surface area contributed by atoms with Crippen LogP contribution in [0.4, 0.5) is 4.79 Å². The molecule has 2 amide bonds. The maximum Gasteiger partial charge on any atom is 0.315 e. The standard InChI is InChI=1S/C18H20N2O4/c1-23-17-8-12(6-7-15(17)21)10-19-18(22)20-14-9-13-4-2-3-5-16(13)24-11-14/h2-8,14,21H,9-11H2,1H3,(H2,19,20,22). The molecule has 3 rings (SSSR count). The number of methoxy groups -OCH3 is 1. The normalized spacial score (nSPS) is 15.8. The van der Waals surface area contributed by atoms with Crippen molar-refractivity contribution in [3.63, 3.8) is 0 Å². The number of hydrogen-bond donors (Lipinski definition) is 3. The summed E-state index contributed by atoms with van der Waals surface area (Å²) in [5.41, 5.74) is 1.93. The van der Waals surface area contributed by atoms with Gasteiger partial charge in [-0.25, -0.2) is 4.79 Å². The Morgan fingerprint density at radius 3 is 3.00 bits per heavy atom. The molecule has 1 aliphatic rings. The van der Waals surface area contributed by atoms with Crippen LogP contribution >= 0.6 is 0 Å². The van der Waals surface area contributed by atoms with E-state index in [0.717, 1.165) is 23.3 Å². The minimum atomic E-state index is -0.255. The first kappa shape index (κ1) is 16.0. The fourth-order valence-electron chi connectivity index (χ4n) is 2.67. The molecule has 1 unspecified atom stereocenters. The Labute approximate surface area is 140 Å². The average molecular weight is 328 g/mol. The highest BCUT2D eigenvalue weighted by Gasteiger charge is 2.20. The second-order valence-corrected chi connectivity index (χ2v) is 5.65. The number of carbonyl (C=O) groups excluding carboxylic acids is 1. The molecule has 6 nitrogen and oxygen atoms in total. The molecule has 1 aliphatic heterocycles. The first-order valence-corrected chi connectivity index (χ1v) is 7.76. The van der Waals surface area contributed by atoms with Gasteiger partial charge in [-0.15, -0.1) is 0 Å². The number of carbonyl (C=O) groups is 1. The minimum absolute atomic E-state index is 0.0609. The van der Waals surface area contributed by atoms with Gasteiger partial charge in [0.15, 0.2) is 11.5 Å². The Morgan fingerprint density at radius 1 is 1.33 bits per heavy atom. The molecule has 6 heteroatoms. The summed E-state index contributed by atoms with van der Waals surface area (Å²) in [7, 11) is 1.49. The first-order valence-electron chi connectivity index (χ1n) is 7.76. The van der Waals surface area contributed by atoms with Crippen LogP contribution < -0.4 is 20.1 Å². The van der Waals surface area contributed by atoms with Crippen LogP contribution in [-0.2, 0) is 13.0 Å². The number of rotatable bonds is 4. The van der Waals surface area contributed by atoms with Crippen molar-refractivity contribution in [3.8, 4) is 17.2 Å². The van der Waals surface area contributed by atoms with Gasteiger partial charge in [-0.05, 0) is 35.7 Å². The van der Waals surface area contributed by atoms with Gasteiger partial charge in [0.2, 0.25) is 0 Å². The smallest absolute Gasteiger partial charge is 0.315 e. The lowest BCUT2D eigenvalue weighted by atomic mass is 10.0. The predicted molar refractivity (Wildman–Crippen MR) is 89.5 cm³/mol. The molecule has 0 aliphatic carbocycles. The van der Waals surface area contributed by atoms with Gasteiger partial charge < -0.3 is 25.2 Å². The van der Waals surface area contributed by atoms with Gasteiger partial charge in [0.05, 0.1) is 13.2 Å². The number of ether oxygens (including phenoxy) is 2. The van der Waals surface area contributed by atoms with Gasteiger partial charge in [-0.3, -0.25) is 0 Å². The first-order chi connectivity index (χ1) is 11.7. The molecular weight excluding hydrogens is 308 g/mol. The average Bonchev–Trinajstić information content (AvgIpc) is 2.61. The van der Waals surface area contributed by atoms with Crippen molar-refractivity contribution in [2.45, 2.75) is 19.0 Å². The molecule has 0 bridgehead atoms. The van der Waals surface area contributed by atoms with E-state index in [1.54, 1.807) is 18.2 Å². The molecule has 0 radical (unpaired) electrons. The highest BCUT2D eigenvalue weighted by molar-refractivity contribution is 5.74. The van der Waals surface area contributed by atoms with Crippen LogP contribution in [0.3, 0.4) is 0 Å². The van der Waals surface area contributed by atoms with Gasteiger partial charge in [0, 0.05) is 6.54 Å². The van der Waals surface area contributed by atoms with E-state index < -0.39 is 0 Å². The highest BCUT2D eigenvalue weighted by atomic mass is 16.5. The van der Waals surface area contributed by atoms with E-state index in [0.29, 0.717) is 18.9 Å². The van der Waals surface area contributed by atoms with Crippen molar-refractivity contribution in [3.05, 3.63) is 53.6 Å². The van der Waals surface area contributed by atoms with E-state index in [1.807, 2.05) is 24.3 Å². The number of fused-ring (bicyclic) bond motifs is 1. The van der Waals surface area contributed by atoms with Gasteiger partial charge in [0.25, 0.3) is 0 Å². The van der Waals surface area contributed by atoms with Crippen LogP contribution in [0.5, 0.6) is 17.2 Å². The van der Waals surface area contributed by atoms with Crippen LogP contribution in [0.15, 0.2) is 42.5 Å². The molecule has 0 saturated carbocycles. The molecule has 2 aromatic rings. The Balaban J connectivity index is 1.51. The van der Waals surface area contributed by atoms with Crippen molar-refractivity contribution in [1.82, 2.24) is 10.6 Å². The number of phenolic OH excluding ortho intramolecular Hbond substituents is 1. The second kappa shape index (κ2) is 7.12. The number of nitrogens with one attached hydrogen (secondary N) is 2. The number of phenols is 1. The van der Waals surface area contributed by atoms with Crippen LogP contribution in [0, 0.1) is 0 Å². The summed E-state index contributed by atoms with van der Waals surface area (Å²) >= 11 is 0. The molecule has 0 spiro atoms. The van der Waals surface area contributed by atoms with Crippen molar-refractivity contribution >= 4 is 6.03 Å². The van der Waals surface area contributed by atoms with Crippen molar-refractivity contribution < 1.29 is 19.4 Å². The quantitative estimate of drug-likeness (QED) is 0.804. The van der Waals surface area contributed by atoms with Gasteiger partial charge in [0.1, 0.15) is 12.4 Å². The maximum atomic E-state index is 12.1. The number of aromatic hydroxyl groups is 1. The summed E-state index contributed by atoms with van der Waals surface area (Å²) in [6.07, 6.45) is 0.747. The van der Waals surface area contributed by atoms with Crippen molar-refractivity contribution in [1.29, 1.82) is 0 Å². The van der Waals surface area contributed by atoms with Crippen molar-refractivity contribution in [2.75, 3.05) is 13.7 Å². The summed E-state index contributed by atoms with van der Waals surface area (Å²) in [5, 5.41) is 15.3. The maximum absolute atomic E-state index is 12.1. The lowest BCUT2D eigenvalue weighted by molar-refractivity contribution is 0.214. The molecule has 2 aromatic carbocycles. The van der Waals surface area contributed by atoms with Crippen LogP contribution in [0.1, 0.15) is 11.1 Å². The van der Waals surface area contributed by atoms with E-state index in [-0.39, 0.29) is 17.8 Å². The summed E-state index contributed by atoms with van der Waals surface area (Å²) in [6.45, 7) is 0.796. The Bertz CT molecular complexity index is 733. The fourth-order valence-corrected chi connectivity index (χ4v) is 2.67. The largest absolute Gasteiger partial charge is 0.504 e. The predicted octanol–water partition coefficient (Wildman–Crippen LogP) is 2.20. The minimum Gasteiger partial charge on any atom is -0.504 e. The van der Waals surface area contributed by atoms with Gasteiger partial charge in [-0.2, -0.15) is 0 Å². The van der Waals surface area contributed by atoms with Gasteiger partial charge >= 0.3 is 6.03 Å². The van der Waals surface area contributed by atoms with Crippen LogP contribution in [-0.4, -0.2) is 30.9 Å². The number of hydrogen-bond acceptors (Lipinski definition) is 4. The molecule has 24 heavy (non-hydrogen) atoms. The molecule has 3 N–H and O–H groups in total. The van der Waals surface area contributed by atoms with E-state index in [9.17, 15) is 9.90 Å². The molecule has 126 valence electrons. The third-order valence-corrected chi connectivity index (χ3v) is 3.91. The molecule has 1 atom stereocenters. The third-order valence-electron chi connectivity index (χ3n) is 3.91. The van der Waals surface area contributed by atoms with Gasteiger partial charge in [-0.1, -0.05) is 24.3 Å². The highest BCUT2D eigenvalue weighted by Crippen LogP contribution is 2.26. The van der Waals surface area contributed by atoms with E-state index in [1.165, 1.54) is 7.11 Å². The topological polar surface area (TPSA) is 79.8 Å². The van der Waals surface area contributed by atoms with Crippen molar-refractivity contribution in [2.24, 2.45) is 0 Å². The van der Waals surface area contributed by atoms with Crippen LogP contribution in [0.25, 0.3) is 0 Å². The summed E-state index contributed by atoms with van der Waals surface area (Å²) < 4.78 is 10.7. The summed E-state index contributed by atoms with van der Waals surface area (Å²) in [5.74, 6) is 1.34. The molecule has 0 aromatic heterocycles. The number of para-hydroxylation sites is 1. The van der Waals surface area contributed by atoms with E-state index in [4.69, 9.17) is 9.47 Å².